The number of aliphatic carboxylic acids is 1. The molecule has 3 atom stereocenters. The van der Waals surface area contributed by atoms with Crippen molar-refractivity contribution in [1.82, 2.24) is 31.5 Å². The molecule has 1 heterocycles. The van der Waals surface area contributed by atoms with Crippen LogP contribution >= 0.6 is 0 Å². The summed E-state index contributed by atoms with van der Waals surface area (Å²) < 4.78 is 0. The van der Waals surface area contributed by atoms with E-state index in [1.807, 2.05) is 6.92 Å². The Hall–Kier alpha value is -2.73. The molecule has 1 saturated heterocycles. The zero-order chi connectivity index (χ0) is 26.2. The highest BCUT2D eigenvalue weighted by molar-refractivity contribution is 5.92. The maximum Gasteiger partial charge on any atom is 0.303 e. The Morgan fingerprint density at radius 3 is 2.29 bits per heavy atom. The number of rotatable bonds is 17. The van der Waals surface area contributed by atoms with E-state index in [9.17, 15) is 24.0 Å². The molecule has 0 aromatic heterocycles. The zero-order valence-electron chi connectivity index (χ0n) is 21.2. The van der Waals surface area contributed by atoms with Crippen LogP contribution in [-0.4, -0.2) is 97.5 Å². The molecule has 12 nitrogen and oxygen atoms in total. The van der Waals surface area contributed by atoms with E-state index in [2.05, 4.69) is 26.6 Å². The van der Waals surface area contributed by atoms with Crippen molar-refractivity contribution in [2.45, 2.75) is 76.9 Å². The molecule has 200 valence electrons. The SMILES string of the molecule is CCNCCNC(=O)C(CCCCNC(=O)C(CCC(=O)O)NC(=O)C1CCCN1C(C)=O)NC. The Kier molecular flexibility index (Phi) is 14.6. The van der Waals surface area contributed by atoms with Crippen LogP contribution in [0, 0.1) is 0 Å². The van der Waals surface area contributed by atoms with Gasteiger partial charge in [0.2, 0.25) is 23.6 Å². The number of carbonyl (C=O) groups is 5. The summed E-state index contributed by atoms with van der Waals surface area (Å²) in [5.74, 6) is -2.25. The number of likely N-dealkylation sites (tertiary alicyclic amines) is 1. The second kappa shape index (κ2) is 16.8. The molecule has 0 aliphatic carbocycles. The lowest BCUT2D eigenvalue weighted by molar-refractivity contribution is -0.139. The normalized spacial score (nSPS) is 16.9. The van der Waals surface area contributed by atoms with Crippen molar-refractivity contribution in [1.29, 1.82) is 0 Å². The number of carbonyl (C=O) groups excluding carboxylic acids is 4. The number of carboxylic acids is 1. The summed E-state index contributed by atoms with van der Waals surface area (Å²) >= 11 is 0. The van der Waals surface area contributed by atoms with Crippen LogP contribution in [0.15, 0.2) is 0 Å². The number of likely N-dealkylation sites (N-methyl/N-ethyl adjacent to an activating group) is 2. The van der Waals surface area contributed by atoms with Crippen LogP contribution in [0.25, 0.3) is 0 Å². The molecule has 1 aliphatic rings. The van der Waals surface area contributed by atoms with Gasteiger partial charge >= 0.3 is 5.97 Å². The topological polar surface area (TPSA) is 169 Å². The fourth-order valence-electron chi connectivity index (χ4n) is 4.01. The fraction of sp³-hybridized carbons (Fsp3) is 0.783. The number of hydrogen-bond donors (Lipinski definition) is 6. The van der Waals surface area contributed by atoms with Gasteiger partial charge in [0.05, 0.1) is 6.04 Å². The summed E-state index contributed by atoms with van der Waals surface area (Å²) in [6, 6.07) is -1.97. The number of nitrogens with zero attached hydrogens (tertiary/aromatic N) is 1. The summed E-state index contributed by atoms with van der Waals surface area (Å²) in [6.45, 7) is 6.31. The van der Waals surface area contributed by atoms with Crippen LogP contribution in [0.3, 0.4) is 0 Å². The monoisotopic (exact) mass is 498 g/mol. The van der Waals surface area contributed by atoms with Gasteiger partial charge in [0.15, 0.2) is 0 Å². The molecule has 6 N–H and O–H groups in total. The molecule has 35 heavy (non-hydrogen) atoms. The van der Waals surface area contributed by atoms with Crippen molar-refractivity contribution in [3.05, 3.63) is 0 Å². The summed E-state index contributed by atoms with van der Waals surface area (Å²) in [5, 5.41) is 23.4. The molecule has 3 unspecified atom stereocenters. The average molecular weight is 499 g/mol. The average Bonchev–Trinajstić information content (AvgIpc) is 3.32. The van der Waals surface area contributed by atoms with Crippen LogP contribution < -0.4 is 26.6 Å². The van der Waals surface area contributed by atoms with Crippen LogP contribution in [0.4, 0.5) is 0 Å². The summed E-state index contributed by atoms with van der Waals surface area (Å²) in [4.78, 5) is 61.8. The Labute approximate surface area is 207 Å². The highest BCUT2D eigenvalue weighted by Crippen LogP contribution is 2.17. The van der Waals surface area contributed by atoms with E-state index in [1.54, 1.807) is 7.05 Å². The Balaban J connectivity index is 2.48. The predicted octanol–water partition coefficient (Wildman–Crippen LogP) is -1.05. The van der Waals surface area contributed by atoms with Gasteiger partial charge < -0.3 is 36.6 Å². The Bertz CT molecular complexity index is 719. The third-order valence-corrected chi connectivity index (χ3v) is 5.97. The van der Waals surface area contributed by atoms with E-state index in [0.717, 1.165) is 6.54 Å². The molecule has 0 aromatic rings. The molecule has 1 fully saturated rings. The zero-order valence-corrected chi connectivity index (χ0v) is 21.2. The van der Waals surface area contributed by atoms with E-state index < -0.39 is 29.9 Å². The van der Waals surface area contributed by atoms with Gasteiger partial charge in [0.1, 0.15) is 12.1 Å². The van der Waals surface area contributed by atoms with Crippen molar-refractivity contribution in [2.24, 2.45) is 0 Å². The van der Waals surface area contributed by atoms with E-state index in [1.165, 1.54) is 11.8 Å². The molecular formula is C23H42N6O6. The number of unbranched alkanes of at least 4 members (excludes halogenated alkanes) is 1. The molecule has 12 heteroatoms. The molecule has 0 radical (unpaired) electrons. The Morgan fingerprint density at radius 1 is 0.971 bits per heavy atom. The Morgan fingerprint density at radius 2 is 1.66 bits per heavy atom. The standard InChI is InChI=1S/C23H42N6O6/c1-4-25-13-14-27-21(33)17(24-3)8-5-6-12-26-22(34)18(10-11-20(31)32)28-23(35)19-9-7-15-29(19)16(2)30/h17-19,24-25H,4-15H2,1-3H3,(H,26,34)(H,27,33)(H,28,35)(H,31,32). The lowest BCUT2D eigenvalue weighted by Gasteiger charge is -2.25. The van der Waals surface area contributed by atoms with Crippen molar-refractivity contribution in [3.63, 3.8) is 0 Å². The van der Waals surface area contributed by atoms with Crippen LogP contribution in [0.1, 0.15) is 58.8 Å². The van der Waals surface area contributed by atoms with Crippen molar-refractivity contribution in [2.75, 3.05) is 39.8 Å². The minimum Gasteiger partial charge on any atom is -0.481 e. The smallest absolute Gasteiger partial charge is 0.303 e. The van der Waals surface area contributed by atoms with Crippen LogP contribution in [0.2, 0.25) is 0 Å². The van der Waals surface area contributed by atoms with E-state index in [0.29, 0.717) is 58.3 Å². The largest absolute Gasteiger partial charge is 0.481 e. The lowest BCUT2D eigenvalue weighted by atomic mass is 10.1. The van der Waals surface area contributed by atoms with Gasteiger partial charge in [-0.2, -0.15) is 0 Å². The number of nitrogens with one attached hydrogen (secondary N) is 5. The van der Waals surface area contributed by atoms with Gasteiger partial charge in [-0.25, -0.2) is 0 Å². The van der Waals surface area contributed by atoms with Gasteiger partial charge in [-0.3, -0.25) is 24.0 Å². The number of carboxylic acid groups (broad SMARTS) is 1. The molecule has 0 spiro atoms. The van der Waals surface area contributed by atoms with Crippen molar-refractivity contribution >= 4 is 29.6 Å². The highest BCUT2D eigenvalue weighted by Gasteiger charge is 2.34. The van der Waals surface area contributed by atoms with Gasteiger partial charge in [0, 0.05) is 39.5 Å². The molecule has 0 bridgehead atoms. The summed E-state index contributed by atoms with van der Waals surface area (Å²) in [6.07, 6.45) is 2.80. The van der Waals surface area contributed by atoms with Gasteiger partial charge in [0.25, 0.3) is 0 Å². The van der Waals surface area contributed by atoms with Crippen LogP contribution in [-0.2, 0) is 24.0 Å². The first-order chi connectivity index (χ1) is 16.7. The van der Waals surface area contributed by atoms with E-state index in [4.69, 9.17) is 5.11 Å². The second-order valence-corrected chi connectivity index (χ2v) is 8.64. The van der Waals surface area contributed by atoms with Gasteiger partial charge in [-0.1, -0.05) is 6.92 Å². The highest BCUT2D eigenvalue weighted by atomic mass is 16.4. The molecule has 0 saturated carbocycles. The third-order valence-electron chi connectivity index (χ3n) is 5.97. The first-order valence-electron chi connectivity index (χ1n) is 12.4. The number of amides is 4. The van der Waals surface area contributed by atoms with Crippen molar-refractivity contribution < 1.29 is 29.1 Å². The second-order valence-electron chi connectivity index (χ2n) is 8.64. The summed E-state index contributed by atoms with van der Waals surface area (Å²) in [7, 11) is 1.73. The third kappa shape index (κ3) is 11.5. The minimum absolute atomic E-state index is 0.0470. The predicted molar refractivity (Wildman–Crippen MR) is 130 cm³/mol. The molecule has 0 aromatic carbocycles. The minimum atomic E-state index is -1.06. The summed E-state index contributed by atoms with van der Waals surface area (Å²) in [5.41, 5.74) is 0. The van der Waals surface area contributed by atoms with Crippen molar-refractivity contribution in [3.8, 4) is 0 Å². The molecule has 1 rings (SSSR count). The van der Waals surface area contributed by atoms with Gasteiger partial charge in [-0.05, 0) is 52.1 Å². The molecular weight excluding hydrogens is 456 g/mol. The van der Waals surface area contributed by atoms with Crippen LogP contribution in [0.5, 0.6) is 0 Å². The van der Waals surface area contributed by atoms with Gasteiger partial charge in [-0.15, -0.1) is 0 Å². The molecule has 4 amide bonds. The first-order valence-corrected chi connectivity index (χ1v) is 12.4. The lowest BCUT2D eigenvalue weighted by Crippen LogP contribution is -2.53. The fourth-order valence-corrected chi connectivity index (χ4v) is 4.01. The van der Waals surface area contributed by atoms with E-state index >= 15 is 0 Å². The molecule has 1 aliphatic heterocycles. The first kappa shape index (κ1) is 30.3. The number of hydrogen-bond acceptors (Lipinski definition) is 7. The maximum absolute atomic E-state index is 12.7. The van der Waals surface area contributed by atoms with E-state index in [-0.39, 0.29) is 30.7 Å². The maximum atomic E-state index is 12.7. The quantitative estimate of drug-likeness (QED) is 0.138.